The van der Waals surface area contributed by atoms with Crippen LogP contribution < -0.4 is 0 Å². The summed E-state index contributed by atoms with van der Waals surface area (Å²) in [6.07, 6.45) is 3.92. The molecular formula is C7H10O2S. The van der Waals surface area contributed by atoms with Crippen molar-refractivity contribution in [2.24, 2.45) is 5.92 Å². The summed E-state index contributed by atoms with van der Waals surface area (Å²) in [4.78, 5) is 21.4. The van der Waals surface area contributed by atoms with Gasteiger partial charge >= 0.3 is 0 Å². The van der Waals surface area contributed by atoms with Crippen LogP contribution in [0.3, 0.4) is 0 Å². The third-order valence-electron chi connectivity index (χ3n) is 1.94. The van der Waals surface area contributed by atoms with Gasteiger partial charge in [0.05, 0.1) is 0 Å². The quantitative estimate of drug-likeness (QED) is 0.484. The van der Waals surface area contributed by atoms with Crippen LogP contribution in [0, 0.1) is 5.92 Å². The minimum atomic E-state index is -0.577. The average Bonchev–Trinajstić information content (AvgIpc) is 2.36. The van der Waals surface area contributed by atoms with Crippen molar-refractivity contribution in [1.82, 2.24) is 0 Å². The van der Waals surface area contributed by atoms with E-state index in [9.17, 15) is 9.59 Å². The predicted octanol–water partition coefficient (Wildman–Crippen LogP) is 1.20. The van der Waals surface area contributed by atoms with Crippen molar-refractivity contribution in [2.45, 2.75) is 25.7 Å². The van der Waals surface area contributed by atoms with Gasteiger partial charge in [-0.05, 0) is 12.8 Å². The highest BCUT2D eigenvalue weighted by Crippen LogP contribution is 2.25. The lowest BCUT2D eigenvalue weighted by Crippen LogP contribution is -2.16. The van der Waals surface area contributed by atoms with Crippen LogP contribution in [0.25, 0.3) is 0 Å². The van der Waals surface area contributed by atoms with Gasteiger partial charge in [0, 0.05) is 5.92 Å². The molecule has 0 amide bonds. The van der Waals surface area contributed by atoms with E-state index in [0.29, 0.717) is 0 Å². The molecule has 1 aliphatic rings. The summed E-state index contributed by atoms with van der Waals surface area (Å²) in [5, 5.41) is -0.577. The van der Waals surface area contributed by atoms with Crippen molar-refractivity contribution in [1.29, 1.82) is 0 Å². The lowest BCUT2D eigenvalue weighted by molar-refractivity contribution is -0.134. The smallest absolute Gasteiger partial charge is 0.252 e. The minimum Gasteiger partial charge on any atom is -0.290 e. The molecule has 0 saturated heterocycles. The molecule has 0 heterocycles. The number of rotatable bonds is 2. The molecule has 0 aromatic heterocycles. The Balaban J connectivity index is 2.48. The lowest BCUT2D eigenvalue weighted by atomic mass is 10.0. The van der Waals surface area contributed by atoms with Crippen LogP contribution in [-0.2, 0) is 9.59 Å². The first-order valence-electron chi connectivity index (χ1n) is 3.49. The van der Waals surface area contributed by atoms with Gasteiger partial charge in [-0.2, -0.15) is 0 Å². The highest BCUT2D eigenvalue weighted by Gasteiger charge is 2.25. The molecule has 3 heteroatoms. The van der Waals surface area contributed by atoms with Crippen LogP contribution in [0.1, 0.15) is 25.7 Å². The molecule has 2 nitrogen and oxygen atoms in total. The summed E-state index contributed by atoms with van der Waals surface area (Å²) >= 11 is 3.48. The molecule has 56 valence electrons. The summed E-state index contributed by atoms with van der Waals surface area (Å²) < 4.78 is 0. The minimum absolute atomic E-state index is 0.00926. The number of hydrogen-bond donors (Lipinski definition) is 1. The van der Waals surface area contributed by atoms with E-state index in [-0.39, 0.29) is 11.7 Å². The van der Waals surface area contributed by atoms with Crippen LogP contribution in [0.2, 0.25) is 0 Å². The number of carbonyl (C=O) groups excluding carboxylic acids is 2. The Kier molecular flexibility index (Phi) is 2.49. The summed E-state index contributed by atoms with van der Waals surface area (Å²) in [5.74, 6) is -0.300. The summed E-state index contributed by atoms with van der Waals surface area (Å²) in [7, 11) is 0. The predicted molar refractivity (Wildman–Crippen MR) is 41.0 cm³/mol. The Labute approximate surface area is 65.4 Å². The highest BCUT2D eigenvalue weighted by molar-refractivity contribution is 7.98. The molecule has 1 aliphatic carbocycles. The van der Waals surface area contributed by atoms with Gasteiger partial charge in [0.25, 0.3) is 5.12 Å². The van der Waals surface area contributed by atoms with E-state index < -0.39 is 5.12 Å². The van der Waals surface area contributed by atoms with Crippen molar-refractivity contribution in [3.05, 3.63) is 0 Å². The fourth-order valence-corrected chi connectivity index (χ4v) is 1.55. The zero-order valence-corrected chi connectivity index (χ0v) is 6.56. The molecule has 0 aromatic rings. The molecule has 0 radical (unpaired) electrons. The fourth-order valence-electron chi connectivity index (χ4n) is 1.36. The Morgan fingerprint density at radius 1 is 1.20 bits per heavy atom. The number of thiol groups is 1. The molecule has 0 unspecified atom stereocenters. The normalized spacial score (nSPS) is 19.3. The van der Waals surface area contributed by atoms with E-state index in [2.05, 4.69) is 12.6 Å². The van der Waals surface area contributed by atoms with Crippen LogP contribution >= 0.6 is 12.6 Å². The Hall–Kier alpha value is -0.310. The third kappa shape index (κ3) is 1.59. The zero-order valence-electron chi connectivity index (χ0n) is 5.67. The fraction of sp³-hybridized carbons (Fsp3) is 0.714. The number of ketones is 1. The van der Waals surface area contributed by atoms with Crippen molar-refractivity contribution in [2.75, 3.05) is 0 Å². The number of Topliss-reactive ketones (excluding diaryl/α,β-unsaturated/α-hetero) is 1. The van der Waals surface area contributed by atoms with E-state index in [1.54, 1.807) is 0 Å². The lowest BCUT2D eigenvalue weighted by Gasteiger charge is -2.01. The van der Waals surface area contributed by atoms with Gasteiger partial charge in [-0.15, -0.1) is 0 Å². The maximum Gasteiger partial charge on any atom is 0.252 e. The van der Waals surface area contributed by atoms with Gasteiger partial charge in [0.15, 0.2) is 0 Å². The Morgan fingerprint density at radius 3 is 2.10 bits per heavy atom. The molecule has 0 aliphatic heterocycles. The SMILES string of the molecule is O=C(S)C(=O)C1CCCC1. The van der Waals surface area contributed by atoms with Gasteiger partial charge in [-0.1, -0.05) is 25.5 Å². The monoisotopic (exact) mass is 158 g/mol. The standard InChI is InChI=1S/C7H10O2S/c8-6(7(9)10)5-3-1-2-4-5/h5H,1-4H2,(H,9,10). The van der Waals surface area contributed by atoms with E-state index in [1.807, 2.05) is 0 Å². The van der Waals surface area contributed by atoms with Gasteiger partial charge in [-0.3, -0.25) is 9.59 Å². The van der Waals surface area contributed by atoms with Gasteiger partial charge < -0.3 is 0 Å². The maximum absolute atomic E-state index is 10.9. The van der Waals surface area contributed by atoms with Crippen LogP contribution in [-0.4, -0.2) is 10.9 Å². The average molecular weight is 158 g/mol. The van der Waals surface area contributed by atoms with E-state index in [1.165, 1.54) is 0 Å². The molecule has 0 N–H and O–H groups in total. The number of hydrogen-bond acceptors (Lipinski definition) is 2. The largest absolute Gasteiger partial charge is 0.290 e. The molecule has 1 fully saturated rings. The van der Waals surface area contributed by atoms with E-state index in [0.717, 1.165) is 25.7 Å². The summed E-state index contributed by atoms with van der Waals surface area (Å²) in [6, 6.07) is 0. The maximum atomic E-state index is 10.9. The summed E-state index contributed by atoms with van der Waals surface area (Å²) in [5.41, 5.74) is 0. The van der Waals surface area contributed by atoms with E-state index in [4.69, 9.17) is 0 Å². The number of carbonyl (C=O) groups is 2. The Morgan fingerprint density at radius 2 is 1.70 bits per heavy atom. The van der Waals surface area contributed by atoms with Crippen molar-refractivity contribution < 1.29 is 9.59 Å². The molecule has 1 rings (SSSR count). The Bertz CT molecular complexity index is 159. The molecule has 0 bridgehead atoms. The van der Waals surface area contributed by atoms with Crippen molar-refractivity contribution in [3.63, 3.8) is 0 Å². The van der Waals surface area contributed by atoms with Crippen LogP contribution in [0.4, 0.5) is 0 Å². The van der Waals surface area contributed by atoms with E-state index >= 15 is 0 Å². The second kappa shape index (κ2) is 3.19. The first kappa shape index (κ1) is 7.79. The molecule has 0 atom stereocenters. The molecule has 1 saturated carbocycles. The second-order valence-corrected chi connectivity index (χ2v) is 3.06. The third-order valence-corrected chi connectivity index (χ3v) is 2.16. The van der Waals surface area contributed by atoms with Gasteiger partial charge in [-0.25, -0.2) is 0 Å². The van der Waals surface area contributed by atoms with Crippen molar-refractivity contribution in [3.8, 4) is 0 Å². The zero-order chi connectivity index (χ0) is 7.56. The van der Waals surface area contributed by atoms with Crippen LogP contribution in [0.15, 0.2) is 0 Å². The first-order chi connectivity index (χ1) is 4.72. The molecule has 10 heavy (non-hydrogen) atoms. The topological polar surface area (TPSA) is 34.1 Å². The first-order valence-corrected chi connectivity index (χ1v) is 3.93. The van der Waals surface area contributed by atoms with Gasteiger partial charge in [0.2, 0.25) is 5.78 Å². The van der Waals surface area contributed by atoms with Gasteiger partial charge in [0.1, 0.15) is 0 Å². The van der Waals surface area contributed by atoms with Crippen LogP contribution in [0.5, 0.6) is 0 Å². The highest BCUT2D eigenvalue weighted by atomic mass is 32.1. The molecule has 0 aromatic carbocycles. The summed E-state index contributed by atoms with van der Waals surface area (Å²) in [6.45, 7) is 0. The van der Waals surface area contributed by atoms with Crippen molar-refractivity contribution >= 4 is 23.5 Å². The molecular weight excluding hydrogens is 148 g/mol. The second-order valence-electron chi connectivity index (χ2n) is 2.65. The molecule has 0 spiro atoms.